The average molecular weight is 301 g/mol. The van der Waals surface area contributed by atoms with E-state index in [4.69, 9.17) is 11.6 Å². The maximum atomic E-state index is 12.0. The van der Waals surface area contributed by atoms with Gasteiger partial charge in [-0.15, -0.1) is 0 Å². The van der Waals surface area contributed by atoms with E-state index in [2.05, 4.69) is 4.74 Å². The number of benzene rings is 1. The molecule has 0 spiro atoms. The smallest absolute Gasteiger partial charge is 0.307 e. The molecule has 0 saturated carbocycles. The van der Waals surface area contributed by atoms with Crippen molar-refractivity contribution in [2.75, 3.05) is 20.7 Å². The predicted octanol–water partition coefficient (Wildman–Crippen LogP) is 1.88. The first-order valence-electron chi connectivity index (χ1n) is 5.63. The topological polar surface area (TPSA) is 89.8 Å². The van der Waals surface area contributed by atoms with Gasteiger partial charge in [0.25, 0.3) is 11.6 Å². The molecule has 0 aliphatic heterocycles. The van der Waals surface area contributed by atoms with Crippen molar-refractivity contribution in [3.8, 4) is 0 Å². The zero-order valence-corrected chi connectivity index (χ0v) is 11.7. The number of hydrogen-bond acceptors (Lipinski definition) is 5. The first-order valence-corrected chi connectivity index (χ1v) is 6.00. The van der Waals surface area contributed by atoms with Crippen molar-refractivity contribution >= 4 is 29.2 Å². The maximum absolute atomic E-state index is 12.0. The number of carbonyl (C=O) groups is 2. The first-order chi connectivity index (χ1) is 9.36. The second-order valence-electron chi connectivity index (χ2n) is 3.98. The Labute approximate surface area is 120 Å². The Morgan fingerprint density at radius 2 is 2.10 bits per heavy atom. The molecule has 1 aromatic rings. The van der Waals surface area contributed by atoms with Gasteiger partial charge in [-0.2, -0.15) is 0 Å². The van der Waals surface area contributed by atoms with Crippen LogP contribution < -0.4 is 0 Å². The molecule has 0 heterocycles. The summed E-state index contributed by atoms with van der Waals surface area (Å²) in [5, 5.41) is 10.7. The SMILES string of the molecule is COC(=O)CCN(C)C(=O)c1ccc(Cl)c([N+](=O)[O-])c1. The lowest BCUT2D eigenvalue weighted by atomic mass is 10.1. The van der Waals surface area contributed by atoms with Crippen molar-refractivity contribution in [2.45, 2.75) is 6.42 Å². The van der Waals surface area contributed by atoms with Crippen LogP contribution in [0.4, 0.5) is 5.69 Å². The van der Waals surface area contributed by atoms with Gasteiger partial charge in [-0.05, 0) is 12.1 Å². The Morgan fingerprint density at radius 3 is 2.65 bits per heavy atom. The van der Waals surface area contributed by atoms with Crippen LogP contribution in [0, 0.1) is 10.1 Å². The second kappa shape index (κ2) is 6.85. The summed E-state index contributed by atoms with van der Waals surface area (Å²) < 4.78 is 4.47. The van der Waals surface area contributed by atoms with E-state index in [1.807, 2.05) is 0 Å². The average Bonchev–Trinajstić information content (AvgIpc) is 2.43. The number of nitro benzene ring substituents is 1. The van der Waals surface area contributed by atoms with Crippen molar-refractivity contribution in [2.24, 2.45) is 0 Å². The third-order valence-corrected chi connectivity index (χ3v) is 2.94. The molecule has 0 aliphatic rings. The molecule has 0 radical (unpaired) electrons. The van der Waals surface area contributed by atoms with Crippen LogP contribution in [0.5, 0.6) is 0 Å². The van der Waals surface area contributed by atoms with E-state index in [0.29, 0.717) is 0 Å². The van der Waals surface area contributed by atoms with Gasteiger partial charge in [0.05, 0.1) is 18.5 Å². The van der Waals surface area contributed by atoms with E-state index in [0.717, 1.165) is 6.07 Å². The molecule has 108 valence electrons. The molecule has 0 aliphatic carbocycles. The monoisotopic (exact) mass is 300 g/mol. The van der Waals surface area contributed by atoms with Gasteiger partial charge in [0.2, 0.25) is 0 Å². The fourth-order valence-electron chi connectivity index (χ4n) is 1.47. The van der Waals surface area contributed by atoms with Crippen LogP contribution in [0.15, 0.2) is 18.2 Å². The summed E-state index contributed by atoms with van der Waals surface area (Å²) in [6.07, 6.45) is 0.0500. The summed E-state index contributed by atoms with van der Waals surface area (Å²) in [5.41, 5.74) is -0.202. The maximum Gasteiger partial charge on any atom is 0.307 e. The Bertz CT molecular complexity index is 547. The van der Waals surface area contributed by atoms with Crippen LogP contribution in [-0.4, -0.2) is 42.4 Å². The van der Waals surface area contributed by atoms with Crippen LogP contribution in [0.3, 0.4) is 0 Å². The number of rotatable bonds is 5. The van der Waals surface area contributed by atoms with Crippen molar-refractivity contribution in [3.05, 3.63) is 38.9 Å². The van der Waals surface area contributed by atoms with Gasteiger partial charge in [0, 0.05) is 25.2 Å². The summed E-state index contributed by atoms with van der Waals surface area (Å²) in [6.45, 7) is 0.155. The minimum atomic E-state index is -0.659. The number of hydrogen-bond donors (Lipinski definition) is 0. The standard InChI is InChI=1S/C12H13ClN2O5/c1-14(6-5-11(16)20-2)12(17)8-3-4-9(13)10(7-8)15(18)19/h3-4,7H,5-6H2,1-2H3. The Hall–Kier alpha value is -2.15. The minimum absolute atomic E-state index is 0.0382. The number of esters is 1. The van der Waals surface area contributed by atoms with Crippen molar-refractivity contribution < 1.29 is 19.2 Å². The molecule has 1 aromatic carbocycles. The van der Waals surface area contributed by atoms with Gasteiger partial charge in [0.1, 0.15) is 5.02 Å². The quantitative estimate of drug-likeness (QED) is 0.470. The van der Waals surface area contributed by atoms with Gasteiger partial charge in [0.15, 0.2) is 0 Å². The molecular weight excluding hydrogens is 288 g/mol. The highest BCUT2D eigenvalue weighted by Crippen LogP contribution is 2.25. The van der Waals surface area contributed by atoms with Crippen LogP contribution in [-0.2, 0) is 9.53 Å². The van der Waals surface area contributed by atoms with E-state index < -0.39 is 16.8 Å². The molecule has 0 atom stereocenters. The molecule has 1 rings (SSSR count). The largest absolute Gasteiger partial charge is 0.469 e. The Kier molecular flexibility index (Phi) is 5.45. The predicted molar refractivity (Wildman–Crippen MR) is 71.7 cm³/mol. The van der Waals surface area contributed by atoms with Crippen molar-refractivity contribution in [3.63, 3.8) is 0 Å². The molecule has 0 aromatic heterocycles. The lowest BCUT2D eigenvalue weighted by Gasteiger charge is -2.16. The fourth-order valence-corrected chi connectivity index (χ4v) is 1.66. The van der Waals surface area contributed by atoms with Gasteiger partial charge in [-0.3, -0.25) is 19.7 Å². The summed E-state index contributed by atoms with van der Waals surface area (Å²) in [6, 6.07) is 3.80. The number of nitrogens with zero attached hydrogens (tertiary/aromatic N) is 2. The molecule has 0 fully saturated rings. The number of methoxy groups -OCH3 is 1. The van der Waals surface area contributed by atoms with E-state index in [-0.39, 0.29) is 29.2 Å². The lowest BCUT2D eigenvalue weighted by molar-refractivity contribution is -0.384. The summed E-state index contributed by atoms with van der Waals surface area (Å²) in [4.78, 5) is 34.4. The molecule has 20 heavy (non-hydrogen) atoms. The Morgan fingerprint density at radius 1 is 1.45 bits per heavy atom. The third kappa shape index (κ3) is 3.92. The van der Waals surface area contributed by atoms with Crippen LogP contribution >= 0.6 is 11.6 Å². The van der Waals surface area contributed by atoms with Crippen LogP contribution in [0.1, 0.15) is 16.8 Å². The number of amides is 1. The van der Waals surface area contributed by atoms with E-state index in [9.17, 15) is 19.7 Å². The molecular formula is C12H13ClN2O5. The minimum Gasteiger partial charge on any atom is -0.469 e. The van der Waals surface area contributed by atoms with Crippen molar-refractivity contribution in [1.82, 2.24) is 4.90 Å². The number of halogens is 1. The van der Waals surface area contributed by atoms with Crippen LogP contribution in [0.25, 0.3) is 0 Å². The molecule has 0 unspecified atom stereocenters. The zero-order chi connectivity index (χ0) is 15.3. The third-order valence-electron chi connectivity index (χ3n) is 2.62. The zero-order valence-electron chi connectivity index (χ0n) is 11.0. The highest BCUT2D eigenvalue weighted by atomic mass is 35.5. The van der Waals surface area contributed by atoms with E-state index in [1.54, 1.807) is 0 Å². The summed E-state index contributed by atoms with van der Waals surface area (Å²) >= 11 is 5.67. The molecule has 0 saturated heterocycles. The fraction of sp³-hybridized carbons (Fsp3) is 0.333. The summed E-state index contributed by atoms with van der Waals surface area (Å²) in [7, 11) is 2.75. The highest BCUT2D eigenvalue weighted by Gasteiger charge is 2.19. The lowest BCUT2D eigenvalue weighted by Crippen LogP contribution is -2.29. The molecule has 1 amide bonds. The van der Waals surface area contributed by atoms with Gasteiger partial charge < -0.3 is 9.64 Å². The van der Waals surface area contributed by atoms with E-state index in [1.165, 1.54) is 31.2 Å². The normalized spacial score (nSPS) is 9.95. The number of nitro groups is 1. The van der Waals surface area contributed by atoms with Crippen molar-refractivity contribution in [1.29, 1.82) is 0 Å². The van der Waals surface area contributed by atoms with Gasteiger partial charge in [-0.1, -0.05) is 11.6 Å². The molecule has 0 bridgehead atoms. The molecule has 8 heteroatoms. The number of carbonyl (C=O) groups excluding carboxylic acids is 2. The van der Waals surface area contributed by atoms with Crippen LogP contribution in [0.2, 0.25) is 5.02 Å². The number of ether oxygens (including phenoxy) is 1. The molecule has 7 nitrogen and oxygen atoms in total. The van der Waals surface area contributed by atoms with Gasteiger partial charge >= 0.3 is 5.97 Å². The highest BCUT2D eigenvalue weighted by molar-refractivity contribution is 6.32. The van der Waals surface area contributed by atoms with E-state index >= 15 is 0 Å². The Balaban J connectivity index is 2.84. The second-order valence-corrected chi connectivity index (χ2v) is 4.38. The van der Waals surface area contributed by atoms with Gasteiger partial charge in [-0.25, -0.2) is 0 Å². The molecule has 0 N–H and O–H groups in total. The summed E-state index contributed by atoms with van der Waals surface area (Å²) in [5.74, 6) is -0.875. The first kappa shape index (κ1) is 15.9.